The van der Waals surface area contributed by atoms with Crippen molar-refractivity contribution in [2.45, 2.75) is 13.0 Å². The molecule has 0 aromatic carbocycles. The fourth-order valence-electron chi connectivity index (χ4n) is 1.06. The summed E-state index contributed by atoms with van der Waals surface area (Å²) in [5.74, 6) is 0.510. The van der Waals surface area contributed by atoms with Crippen molar-refractivity contribution in [3.63, 3.8) is 0 Å². The van der Waals surface area contributed by atoms with Crippen molar-refractivity contribution in [3.05, 3.63) is 29.3 Å². The van der Waals surface area contributed by atoms with Crippen molar-refractivity contribution < 1.29 is 9.63 Å². The van der Waals surface area contributed by atoms with Gasteiger partial charge in [0.15, 0.2) is 5.82 Å². The van der Waals surface area contributed by atoms with Crippen LogP contribution in [0.4, 0.5) is 0 Å². The van der Waals surface area contributed by atoms with E-state index in [9.17, 15) is 5.11 Å². The Morgan fingerprint density at radius 3 is 2.93 bits per heavy atom. The third kappa shape index (κ3) is 1.98. The van der Waals surface area contributed by atoms with Crippen LogP contribution >= 0.6 is 11.6 Å². The Kier molecular flexibility index (Phi) is 2.66. The molecule has 5 nitrogen and oxygen atoms in total. The molecule has 0 spiro atoms. The largest absolute Gasteiger partial charge is 0.385 e. The van der Waals surface area contributed by atoms with Gasteiger partial charge in [0.05, 0.1) is 10.6 Å². The summed E-state index contributed by atoms with van der Waals surface area (Å²) in [7, 11) is 0. The predicted octanol–water partition coefficient (Wildman–Crippen LogP) is 1.84. The van der Waals surface area contributed by atoms with E-state index in [0.717, 1.165) is 0 Å². The second kappa shape index (κ2) is 3.96. The van der Waals surface area contributed by atoms with E-state index in [-0.39, 0.29) is 11.7 Å². The molecule has 78 valence electrons. The van der Waals surface area contributed by atoms with Crippen molar-refractivity contribution in [3.8, 4) is 11.5 Å². The molecule has 2 aromatic rings. The third-order valence-electron chi connectivity index (χ3n) is 1.82. The first kappa shape index (κ1) is 10.1. The summed E-state index contributed by atoms with van der Waals surface area (Å²) in [6, 6.07) is 1.67. The molecule has 1 atom stereocenters. The standard InChI is InChI=1S/C9H8ClN3O2/c1-5(14)8-12-9(15-13-8)6-2-3-11-4-7(6)10/h2-5,14H,1H3. The normalized spacial score (nSPS) is 12.7. The van der Waals surface area contributed by atoms with Crippen molar-refractivity contribution >= 4 is 11.6 Å². The molecule has 0 saturated heterocycles. The van der Waals surface area contributed by atoms with Crippen LogP contribution in [0.3, 0.4) is 0 Å². The lowest BCUT2D eigenvalue weighted by Crippen LogP contribution is -1.93. The van der Waals surface area contributed by atoms with E-state index in [4.69, 9.17) is 16.1 Å². The van der Waals surface area contributed by atoms with E-state index in [1.54, 1.807) is 19.2 Å². The minimum Gasteiger partial charge on any atom is -0.385 e. The van der Waals surface area contributed by atoms with Crippen LogP contribution in [0.25, 0.3) is 11.5 Å². The molecule has 0 saturated carbocycles. The van der Waals surface area contributed by atoms with E-state index in [2.05, 4.69) is 15.1 Å². The van der Waals surface area contributed by atoms with Gasteiger partial charge in [0, 0.05) is 12.4 Å². The lowest BCUT2D eigenvalue weighted by molar-refractivity contribution is 0.184. The molecular weight excluding hydrogens is 218 g/mol. The van der Waals surface area contributed by atoms with Gasteiger partial charge >= 0.3 is 0 Å². The quantitative estimate of drug-likeness (QED) is 0.844. The molecule has 6 heteroatoms. The average molecular weight is 226 g/mol. The maximum atomic E-state index is 9.22. The Hall–Kier alpha value is -1.46. The minimum atomic E-state index is -0.761. The first-order chi connectivity index (χ1) is 7.18. The summed E-state index contributed by atoms with van der Waals surface area (Å²) < 4.78 is 4.96. The van der Waals surface area contributed by atoms with Crippen LogP contribution in [-0.4, -0.2) is 20.2 Å². The Balaban J connectivity index is 2.42. The summed E-state index contributed by atoms with van der Waals surface area (Å²) in [5.41, 5.74) is 0.603. The highest BCUT2D eigenvalue weighted by molar-refractivity contribution is 6.32. The third-order valence-corrected chi connectivity index (χ3v) is 2.12. The number of hydrogen-bond acceptors (Lipinski definition) is 5. The molecule has 1 unspecified atom stereocenters. The molecule has 1 N–H and O–H groups in total. The molecule has 2 rings (SSSR count). The topological polar surface area (TPSA) is 72.0 Å². The van der Waals surface area contributed by atoms with Crippen molar-refractivity contribution in [2.75, 3.05) is 0 Å². The van der Waals surface area contributed by atoms with Crippen LogP contribution in [-0.2, 0) is 0 Å². The summed E-state index contributed by atoms with van der Waals surface area (Å²) in [5, 5.41) is 13.3. The average Bonchev–Trinajstić information content (AvgIpc) is 2.67. The zero-order valence-corrected chi connectivity index (χ0v) is 8.64. The highest BCUT2D eigenvalue weighted by atomic mass is 35.5. The Morgan fingerprint density at radius 2 is 2.33 bits per heavy atom. The maximum absolute atomic E-state index is 9.22. The van der Waals surface area contributed by atoms with E-state index in [0.29, 0.717) is 10.6 Å². The fraction of sp³-hybridized carbons (Fsp3) is 0.222. The Bertz CT molecular complexity index is 470. The number of aromatic nitrogens is 3. The summed E-state index contributed by atoms with van der Waals surface area (Å²) in [4.78, 5) is 7.84. The van der Waals surface area contributed by atoms with Gasteiger partial charge in [-0.15, -0.1) is 0 Å². The summed E-state index contributed by atoms with van der Waals surface area (Å²) in [6.45, 7) is 1.56. The minimum absolute atomic E-state index is 0.234. The molecule has 2 aromatic heterocycles. The molecule has 0 amide bonds. The number of rotatable bonds is 2. The zero-order chi connectivity index (χ0) is 10.8. The van der Waals surface area contributed by atoms with E-state index < -0.39 is 6.10 Å². The van der Waals surface area contributed by atoms with Gasteiger partial charge in [0.1, 0.15) is 6.10 Å². The van der Waals surface area contributed by atoms with Gasteiger partial charge in [-0.1, -0.05) is 16.8 Å². The fourth-order valence-corrected chi connectivity index (χ4v) is 1.26. The number of aliphatic hydroxyl groups is 1. The van der Waals surface area contributed by atoms with Gasteiger partial charge in [0.2, 0.25) is 0 Å². The number of aliphatic hydroxyl groups excluding tert-OH is 1. The van der Waals surface area contributed by atoms with Crippen LogP contribution in [0.15, 0.2) is 23.0 Å². The molecule has 0 radical (unpaired) electrons. The predicted molar refractivity (Wildman–Crippen MR) is 53.2 cm³/mol. The van der Waals surface area contributed by atoms with Crippen molar-refractivity contribution in [1.82, 2.24) is 15.1 Å². The number of nitrogens with zero attached hydrogens (tertiary/aromatic N) is 3. The van der Waals surface area contributed by atoms with Crippen molar-refractivity contribution in [1.29, 1.82) is 0 Å². The number of pyridine rings is 1. The highest BCUT2D eigenvalue weighted by Crippen LogP contribution is 2.25. The van der Waals surface area contributed by atoms with E-state index in [1.165, 1.54) is 6.20 Å². The van der Waals surface area contributed by atoms with E-state index in [1.807, 2.05) is 0 Å². The maximum Gasteiger partial charge on any atom is 0.259 e. The zero-order valence-electron chi connectivity index (χ0n) is 7.88. The van der Waals surface area contributed by atoms with Gasteiger partial charge in [-0.2, -0.15) is 4.98 Å². The molecule has 0 aliphatic rings. The van der Waals surface area contributed by atoms with E-state index >= 15 is 0 Å². The lowest BCUT2D eigenvalue weighted by Gasteiger charge is -1.95. The molecule has 2 heterocycles. The molecule has 0 fully saturated rings. The molecular formula is C9H8ClN3O2. The highest BCUT2D eigenvalue weighted by Gasteiger charge is 2.14. The first-order valence-corrected chi connectivity index (χ1v) is 4.68. The van der Waals surface area contributed by atoms with Crippen LogP contribution in [0.2, 0.25) is 5.02 Å². The summed E-state index contributed by atoms with van der Waals surface area (Å²) >= 11 is 5.89. The smallest absolute Gasteiger partial charge is 0.259 e. The van der Waals surface area contributed by atoms with Gasteiger partial charge in [0.25, 0.3) is 5.89 Å². The monoisotopic (exact) mass is 225 g/mol. The van der Waals surface area contributed by atoms with Crippen molar-refractivity contribution in [2.24, 2.45) is 0 Å². The van der Waals surface area contributed by atoms with Crippen LogP contribution in [0.5, 0.6) is 0 Å². The van der Waals surface area contributed by atoms with Crippen LogP contribution in [0.1, 0.15) is 18.9 Å². The molecule has 0 bridgehead atoms. The molecule has 0 aliphatic heterocycles. The van der Waals surface area contributed by atoms with Gasteiger partial charge < -0.3 is 9.63 Å². The number of halogens is 1. The van der Waals surface area contributed by atoms with Crippen LogP contribution < -0.4 is 0 Å². The number of hydrogen-bond donors (Lipinski definition) is 1. The van der Waals surface area contributed by atoms with Crippen LogP contribution in [0, 0.1) is 0 Å². The molecule has 15 heavy (non-hydrogen) atoms. The summed E-state index contributed by atoms with van der Waals surface area (Å²) in [6.07, 6.45) is 2.31. The van der Waals surface area contributed by atoms with Gasteiger partial charge in [-0.3, -0.25) is 4.98 Å². The Labute approximate surface area is 90.7 Å². The second-order valence-electron chi connectivity index (χ2n) is 2.99. The van der Waals surface area contributed by atoms with Gasteiger partial charge in [-0.25, -0.2) is 0 Å². The lowest BCUT2D eigenvalue weighted by atomic mass is 10.3. The Morgan fingerprint density at radius 1 is 1.53 bits per heavy atom. The second-order valence-corrected chi connectivity index (χ2v) is 3.40. The molecule has 0 aliphatic carbocycles. The SMILES string of the molecule is CC(O)c1noc(-c2ccncc2Cl)n1. The first-order valence-electron chi connectivity index (χ1n) is 4.30. The van der Waals surface area contributed by atoms with Gasteiger partial charge in [-0.05, 0) is 13.0 Å².